The van der Waals surface area contributed by atoms with Crippen LogP contribution in [0, 0.1) is 0 Å². The summed E-state index contributed by atoms with van der Waals surface area (Å²) in [5.41, 5.74) is -8.05. The van der Waals surface area contributed by atoms with Crippen LogP contribution in [0.4, 0.5) is 0 Å². The second-order valence-electron chi connectivity index (χ2n) is 5.23. The van der Waals surface area contributed by atoms with E-state index >= 15 is 0 Å². The van der Waals surface area contributed by atoms with E-state index in [-0.39, 0.29) is 0 Å². The number of hydrogen-bond acceptors (Lipinski definition) is 6. The number of rotatable bonds is 2. The van der Waals surface area contributed by atoms with Gasteiger partial charge in [0.05, 0.1) is 6.61 Å². The summed E-state index contributed by atoms with van der Waals surface area (Å²) in [5, 5.41) is 43.0. The summed E-state index contributed by atoms with van der Waals surface area (Å²) in [4.78, 5) is 0. The van der Waals surface area contributed by atoms with Crippen LogP contribution in [0.25, 0.3) is 0 Å². The van der Waals surface area contributed by atoms with E-state index in [1.54, 1.807) is 14.0 Å². The Bertz CT molecular complexity index is 340. The van der Waals surface area contributed by atoms with Crippen molar-refractivity contribution in [2.24, 2.45) is 0 Å². The maximum Gasteiger partial charge on any atom is 0.162 e. The highest BCUT2D eigenvalue weighted by Crippen LogP contribution is 2.72. The van der Waals surface area contributed by atoms with Gasteiger partial charge < -0.3 is 25.2 Å². The molecule has 5 unspecified atom stereocenters. The zero-order valence-electron chi connectivity index (χ0n) is 9.90. The largest absolute Gasteiger partial charge is 0.393 e. The molecule has 94 valence electrons. The van der Waals surface area contributed by atoms with Crippen LogP contribution in [0.15, 0.2) is 0 Å². The van der Waals surface area contributed by atoms with Crippen molar-refractivity contribution in [1.82, 2.24) is 5.32 Å². The Hall–Kier alpha value is -0.240. The van der Waals surface area contributed by atoms with E-state index < -0.39 is 34.7 Å². The first-order valence-corrected chi connectivity index (χ1v) is 5.25. The fraction of sp³-hybridized carbons (Fsp3) is 1.00. The van der Waals surface area contributed by atoms with Crippen LogP contribution in [0.3, 0.4) is 0 Å². The van der Waals surface area contributed by atoms with Gasteiger partial charge in [-0.15, -0.1) is 0 Å². The lowest BCUT2D eigenvalue weighted by Gasteiger charge is -2.42. The molecule has 6 heteroatoms. The van der Waals surface area contributed by atoms with Crippen LogP contribution in [0.5, 0.6) is 0 Å². The van der Waals surface area contributed by atoms with Gasteiger partial charge in [-0.3, -0.25) is 5.32 Å². The first kappa shape index (κ1) is 12.2. The molecule has 2 aliphatic rings. The van der Waals surface area contributed by atoms with Gasteiger partial charge in [0.25, 0.3) is 0 Å². The van der Waals surface area contributed by atoms with Gasteiger partial charge in [0.2, 0.25) is 0 Å². The summed E-state index contributed by atoms with van der Waals surface area (Å²) in [6, 6.07) is 0. The van der Waals surface area contributed by atoms with Gasteiger partial charge in [-0.25, -0.2) is 0 Å². The smallest absolute Gasteiger partial charge is 0.162 e. The normalized spacial score (nSPS) is 64.5. The molecule has 1 saturated heterocycles. The Kier molecular flexibility index (Phi) is 1.99. The second kappa shape index (κ2) is 2.60. The van der Waals surface area contributed by atoms with E-state index in [1.807, 2.05) is 0 Å². The summed E-state index contributed by atoms with van der Waals surface area (Å²) >= 11 is 0. The first-order chi connectivity index (χ1) is 7.08. The number of fused-ring (bicyclic) bond motifs is 1. The van der Waals surface area contributed by atoms with E-state index in [1.165, 1.54) is 13.8 Å². The van der Waals surface area contributed by atoms with Gasteiger partial charge in [-0.1, -0.05) is 0 Å². The highest BCUT2D eigenvalue weighted by molar-refractivity contribution is 5.48. The third-order valence-electron chi connectivity index (χ3n) is 4.72. The highest BCUT2D eigenvalue weighted by atomic mass is 16.6. The monoisotopic (exact) mass is 233 g/mol. The van der Waals surface area contributed by atoms with E-state index in [9.17, 15) is 20.4 Å². The molecule has 0 aromatic heterocycles. The molecule has 0 aromatic carbocycles. The number of hydrogen-bond donors (Lipinski definition) is 5. The first-order valence-electron chi connectivity index (χ1n) is 5.25. The topological polar surface area (TPSA) is 102 Å². The van der Waals surface area contributed by atoms with Crippen molar-refractivity contribution in [3.8, 4) is 0 Å². The van der Waals surface area contributed by atoms with Crippen molar-refractivity contribution >= 4 is 0 Å². The molecular formula is C10H19NO5. The molecule has 1 heterocycles. The Balaban J connectivity index is 2.55. The molecule has 2 rings (SSSR count). The van der Waals surface area contributed by atoms with Crippen LogP contribution in [0.2, 0.25) is 0 Å². The van der Waals surface area contributed by atoms with Gasteiger partial charge in [0, 0.05) is 0 Å². The zero-order valence-corrected chi connectivity index (χ0v) is 9.90. The molecule has 0 spiro atoms. The molecule has 5 atom stereocenters. The molecular weight excluding hydrogens is 214 g/mol. The van der Waals surface area contributed by atoms with Crippen molar-refractivity contribution < 1.29 is 25.2 Å². The summed E-state index contributed by atoms with van der Waals surface area (Å²) < 4.78 is 5.53. The predicted molar refractivity (Wildman–Crippen MR) is 54.6 cm³/mol. The molecule has 0 aromatic rings. The van der Waals surface area contributed by atoms with E-state index in [0.717, 1.165) is 0 Å². The summed E-state index contributed by atoms with van der Waals surface area (Å²) in [5.74, 6) is 0. The Morgan fingerprint density at radius 1 is 1.06 bits per heavy atom. The van der Waals surface area contributed by atoms with Crippen LogP contribution >= 0.6 is 0 Å². The van der Waals surface area contributed by atoms with Gasteiger partial charge in [0.15, 0.2) is 11.2 Å². The molecule has 1 saturated carbocycles. The molecule has 0 amide bonds. The SMILES string of the molecule is CNC1(C)OC2(CO)C(C)(O)C2(O)C1(C)O. The third-order valence-corrected chi connectivity index (χ3v) is 4.72. The Morgan fingerprint density at radius 3 is 1.88 bits per heavy atom. The van der Waals surface area contributed by atoms with Crippen molar-refractivity contribution in [3.63, 3.8) is 0 Å². The quantitative estimate of drug-likeness (QED) is 0.375. The number of aliphatic hydroxyl groups excluding tert-OH is 1. The maximum absolute atomic E-state index is 10.4. The van der Waals surface area contributed by atoms with Crippen LogP contribution in [0.1, 0.15) is 20.8 Å². The molecule has 16 heavy (non-hydrogen) atoms. The summed E-state index contributed by atoms with van der Waals surface area (Å²) in [6.45, 7) is 3.71. The molecule has 5 N–H and O–H groups in total. The molecule has 1 aliphatic heterocycles. The minimum Gasteiger partial charge on any atom is -0.393 e. The molecule has 1 aliphatic carbocycles. The van der Waals surface area contributed by atoms with Crippen molar-refractivity contribution in [2.75, 3.05) is 13.7 Å². The predicted octanol–water partition coefficient (Wildman–Crippen LogP) is -2.07. The van der Waals surface area contributed by atoms with E-state index in [0.29, 0.717) is 0 Å². The average Bonchev–Trinajstić information content (AvgIpc) is 2.51. The van der Waals surface area contributed by atoms with Gasteiger partial charge >= 0.3 is 0 Å². The summed E-state index contributed by atoms with van der Waals surface area (Å²) in [7, 11) is 1.57. The minimum absolute atomic E-state index is 0.566. The number of nitrogens with one attached hydrogen (secondary N) is 1. The van der Waals surface area contributed by atoms with Crippen molar-refractivity contribution in [3.05, 3.63) is 0 Å². The van der Waals surface area contributed by atoms with Gasteiger partial charge in [-0.2, -0.15) is 0 Å². The molecule has 6 nitrogen and oxygen atoms in total. The average molecular weight is 233 g/mol. The Morgan fingerprint density at radius 2 is 1.56 bits per heavy atom. The molecule has 0 bridgehead atoms. The van der Waals surface area contributed by atoms with Crippen LogP contribution < -0.4 is 5.32 Å². The number of ether oxygens (including phenoxy) is 1. The van der Waals surface area contributed by atoms with Gasteiger partial charge in [0.1, 0.15) is 16.9 Å². The fourth-order valence-corrected chi connectivity index (χ4v) is 3.15. The maximum atomic E-state index is 10.4. The molecule has 0 radical (unpaired) electrons. The minimum atomic E-state index is -1.89. The fourth-order valence-electron chi connectivity index (χ4n) is 3.15. The lowest BCUT2D eigenvalue weighted by molar-refractivity contribution is -0.221. The summed E-state index contributed by atoms with van der Waals surface area (Å²) in [6.07, 6.45) is 0. The van der Waals surface area contributed by atoms with Crippen molar-refractivity contribution in [1.29, 1.82) is 0 Å². The lowest BCUT2D eigenvalue weighted by Crippen LogP contribution is -2.65. The van der Waals surface area contributed by atoms with Gasteiger partial charge in [-0.05, 0) is 27.8 Å². The molecule has 2 fully saturated rings. The lowest BCUT2D eigenvalue weighted by atomic mass is 9.84. The van der Waals surface area contributed by atoms with Crippen LogP contribution in [-0.4, -0.2) is 62.2 Å². The second-order valence-corrected chi connectivity index (χ2v) is 5.23. The van der Waals surface area contributed by atoms with E-state index in [2.05, 4.69) is 5.32 Å². The number of aliphatic hydroxyl groups is 4. The number of likely N-dealkylation sites (N-methyl/N-ethyl adjacent to an activating group) is 1. The van der Waals surface area contributed by atoms with Crippen LogP contribution in [-0.2, 0) is 4.74 Å². The standard InChI is InChI=1S/C10H19NO5/c1-6(13)8(3,11-4)16-9(5-12)7(2,14)10(6,9)15/h11-15H,5H2,1-4H3. The Labute approximate surface area is 93.9 Å². The van der Waals surface area contributed by atoms with Crippen molar-refractivity contribution in [2.45, 2.75) is 48.9 Å². The zero-order chi connectivity index (χ0) is 12.6. The highest BCUT2D eigenvalue weighted by Gasteiger charge is 2.99. The third kappa shape index (κ3) is 0.747. The van der Waals surface area contributed by atoms with E-state index in [4.69, 9.17) is 4.74 Å².